The molecule has 0 radical (unpaired) electrons. The predicted molar refractivity (Wildman–Crippen MR) is 102 cm³/mol. The summed E-state index contributed by atoms with van der Waals surface area (Å²) >= 11 is 7.72. The predicted octanol–water partition coefficient (Wildman–Crippen LogP) is 3.29. The number of hydrogen-bond acceptors (Lipinski definition) is 5. The van der Waals surface area contributed by atoms with E-state index in [1.807, 2.05) is 24.3 Å². The molecule has 4 rings (SSSR count). The molecule has 0 fully saturated rings. The molecule has 0 aliphatic carbocycles. The van der Waals surface area contributed by atoms with Crippen LogP contribution in [0.4, 0.5) is 5.95 Å². The maximum Gasteiger partial charge on any atom is 0.257 e. The molecule has 0 bridgehead atoms. The van der Waals surface area contributed by atoms with Gasteiger partial charge in [0.05, 0.1) is 11.3 Å². The van der Waals surface area contributed by atoms with E-state index < -0.39 is 0 Å². The van der Waals surface area contributed by atoms with Crippen molar-refractivity contribution in [3.05, 3.63) is 67.9 Å². The molecule has 1 aliphatic rings. The van der Waals surface area contributed by atoms with Crippen molar-refractivity contribution in [3.63, 3.8) is 0 Å². The Kier molecular flexibility index (Phi) is 4.33. The van der Waals surface area contributed by atoms with E-state index in [1.165, 1.54) is 15.3 Å². The fraction of sp³-hybridized carbons (Fsp3) is 0.222. The van der Waals surface area contributed by atoms with Crippen LogP contribution in [-0.2, 0) is 19.5 Å². The van der Waals surface area contributed by atoms with E-state index >= 15 is 0 Å². The third-order valence-corrected chi connectivity index (χ3v) is 5.71. The third-order valence-electron chi connectivity index (χ3n) is 4.34. The van der Waals surface area contributed by atoms with Crippen LogP contribution in [0.5, 0.6) is 0 Å². The summed E-state index contributed by atoms with van der Waals surface area (Å²) in [4.78, 5) is 23.7. The van der Waals surface area contributed by atoms with Crippen LogP contribution in [0.1, 0.15) is 16.1 Å². The Hall–Kier alpha value is -2.15. The highest BCUT2D eigenvalue weighted by atomic mass is 35.5. The molecule has 0 unspecified atom stereocenters. The first kappa shape index (κ1) is 16.3. The van der Waals surface area contributed by atoms with Crippen molar-refractivity contribution < 1.29 is 0 Å². The molecule has 128 valence electrons. The molecule has 0 atom stereocenters. The van der Waals surface area contributed by atoms with Gasteiger partial charge in [-0.25, -0.2) is 4.98 Å². The third kappa shape index (κ3) is 3.46. The van der Waals surface area contributed by atoms with E-state index in [9.17, 15) is 4.79 Å². The van der Waals surface area contributed by atoms with Crippen molar-refractivity contribution in [3.8, 4) is 10.4 Å². The number of benzene rings is 1. The van der Waals surface area contributed by atoms with E-state index in [2.05, 4.69) is 27.0 Å². The Labute approximate surface area is 154 Å². The van der Waals surface area contributed by atoms with E-state index in [-0.39, 0.29) is 11.5 Å². The lowest BCUT2D eigenvalue weighted by Gasteiger charge is -2.26. The molecule has 3 N–H and O–H groups in total. The molecule has 2 aromatic heterocycles. The summed E-state index contributed by atoms with van der Waals surface area (Å²) in [7, 11) is 0. The molecule has 1 aliphatic heterocycles. The minimum atomic E-state index is -0.125. The van der Waals surface area contributed by atoms with Crippen LogP contribution in [0.2, 0.25) is 5.02 Å². The zero-order chi connectivity index (χ0) is 17.4. The van der Waals surface area contributed by atoms with Crippen molar-refractivity contribution in [2.24, 2.45) is 0 Å². The normalized spacial score (nSPS) is 14.4. The Balaban J connectivity index is 1.50. The van der Waals surface area contributed by atoms with E-state index in [0.717, 1.165) is 35.8 Å². The van der Waals surface area contributed by atoms with Crippen LogP contribution < -0.4 is 11.3 Å². The summed E-state index contributed by atoms with van der Waals surface area (Å²) in [6.07, 6.45) is 0.749. The average Bonchev–Trinajstić information content (AvgIpc) is 3.04. The quantitative estimate of drug-likeness (QED) is 0.739. The highest BCUT2D eigenvalue weighted by Crippen LogP contribution is 2.30. The Morgan fingerprint density at radius 3 is 2.84 bits per heavy atom. The first-order valence-electron chi connectivity index (χ1n) is 8.03. The molecule has 3 heterocycles. The molecule has 0 amide bonds. The summed E-state index contributed by atoms with van der Waals surface area (Å²) in [6, 6.07) is 12.2. The van der Waals surface area contributed by atoms with Crippen molar-refractivity contribution in [2.75, 3.05) is 12.3 Å². The number of fused-ring (bicyclic) bond motifs is 1. The standard InChI is InChI=1S/C18H17ClN4OS/c19-12-3-1-11(2-4-12)16-6-5-13(25-16)9-23-8-7-15-14(10-23)17(24)22-18(20)21-15/h1-6H,7-10H2,(H3,20,21,22,24). The number of nitrogens with two attached hydrogens (primary N) is 1. The number of nitrogens with zero attached hydrogens (tertiary/aromatic N) is 2. The molecule has 7 heteroatoms. The molecule has 0 spiro atoms. The van der Waals surface area contributed by atoms with Crippen LogP contribution in [-0.4, -0.2) is 21.4 Å². The fourth-order valence-corrected chi connectivity index (χ4v) is 4.27. The fourth-order valence-electron chi connectivity index (χ4n) is 3.09. The van der Waals surface area contributed by atoms with Crippen LogP contribution >= 0.6 is 22.9 Å². The van der Waals surface area contributed by atoms with E-state index in [1.54, 1.807) is 11.3 Å². The van der Waals surface area contributed by atoms with Gasteiger partial charge in [-0.3, -0.25) is 14.7 Å². The Morgan fingerprint density at radius 1 is 1.24 bits per heavy atom. The maximum absolute atomic E-state index is 12.1. The largest absolute Gasteiger partial charge is 0.369 e. The number of thiophene rings is 1. The lowest BCUT2D eigenvalue weighted by atomic mass is 10.1. The van der Waals surface area contributed by atoms with Gasteiger partial charge in [0.1, 0.15) is 0 Å². The van der Waals surface area contributed by atoms with Gasteiger partial charge in [-0.2, -0.15) is 0 Å². The molecular formula is C18H17ClN4OS. The van der Waals surface area contributed by atoms with Gasteiger partial charge in [0.2, 0.25) is 5.95 Å². The highest BCUT2D eigenvalue weighted by Gasteiger charge is 2.21. The zero-order valence-electron chi connectivity index (χ0n) is 13.5. The number of anilines is 1. The van der Waals surface area contributed by atoms with Gasteiger partial charge in [-0.1, -0.05) is 23.7 Å². The number of hydrogen-bond donors (Lipinski definition) is 2. The SMILES string of the molecule is Nc1nc2c(c(=O)[nH]1)CN(Cc1ccc(-c3ccc(Cl)cc3)s1)CC2. The maximum atomic E-state index is 12.1. The Morgan fingerprint density at radius 2 is 2.04 bits per heavy atom. The number of aromatic amines is 1. The molecule has 5 nitrogen and oxygen atoms in total. The van der Waals surface area contributed by atoms with Crippen LogP contribution in [0.25, 0.3) is 10.4 Å². The smallest absolute Gasteiger partial charge is 0.257 e. The summed E-state index contributed by atoms with van der Waals surface area (Å²) in [5, 5.41) is 0.743. The molecular weight excluding hydrogens is 356 g/mol. The van der Waals surface area contributed by atoms with Crippen molar-refractivity contribution >= 4 is 28.9 Å². The van der Waals surface area contributed by atoms with Gasteiger partial charge in [-0.05, 0) is 29.8 Å². The summed E-state index contributed by atoms with van der Waals surface area (Å²) in [5.41, 5.74) is 8.22. The average molecular weight is 373 g/mol. The topological polar surface area (TPSA) is 75.0 Å². The summed E-state index contributed by atoms with van der Waals surface area (Å²) < 4.78 is 0. The molecule has 1 aromatic carbocycles. The number of aromatic nitrogens is 2. The van der Waals surface area contributed by atoms with E-state index in [0.29, 0.717) is 6.54 Å². The minimum absolute atomic E-state index is 0.125. The molecule has 25 heavy (non-hydrogen) atoms. The van der Waals surface area contributed by atoms with Crippen molar-refractivity contribution in [2.45, 2.75) is 19.5 Å². The highest BCUT2D eigenvalue weighted by molar-refractivity contribution is 7.15. The van der Waals surface area contributed by atoms with Gasteiger partial charge in [0.15, 0.2) is 0 Å². The lowest BCUT2D eigenvalue weighted by molar-refractivity contribution is 0.244. The van der Waals surface area contributed by atoms with Crippen molar-refractivity contribution in [1.29, 1.82) is 0 Å². The molecule has 0 saturated carbocycles. The number of halogens is 1. The number of rotatable bonds is 3. The Bertz CT molecular complexity index is 964. The second-order valence-electron chi connectivity index (χ2n) is 6.11. The first-order chi connectivity index (χ1) is 12.1. The number of nitrogens with one attached hydrogen (secondary N) is 1. The summed E-state index contributed by atoms with van der Waals surface area (Å²) in [6.45, 7) is 2.30. The minimum Gasteiger partial charge on any atom is -0.369 e. The second-order valence-corrected chi connectivity index (χ2v) is 7.71. The zero-order valence-corrected chi connectivity index (χ0v) is 15.0. The van der Waals surface area contributed by atoms with E-state index in [4.69, 9.17) is 17.3 Å². The monoisotopic (exact) mass is 372 g/mol. The second kappa shape index (κ2) is 6.63. The lowest BCUT2D eigenvalue weighted by Crippen LogP contribution is -2.35. The first-order valence-corrected chi connectivity index (χ1v) is 9.22. The van der Waals surface area contributed by atoms with Crippen LogP contribution in [0, 0.1) is 0 Å². The molecule has 3 aromatic rings. The van der Waals surface area contributed by atoms with Gasteiger partial charge in [0, 0.05) is 40.8 Å². The van der Waals surface area contributed by atoms with Gasteiger partial charge < -0.3 is 5.73 Å². The van der Waals surface area contributed by atoms with Gasteiger partial charge in [-0.15, -0.1) is 11.3 Å². The number of H-pyrrole nitrogens is 1. The summed E-state index contributed by atoms with van der Waals surface area (Å²) in [5.74, 6) is 0.197. The molecule has 0 saturated heterocycles. The van der Waals surface area contributed by atoms with Gasteiger partial charge >= 0.3 is 0 Å². The van der Waals surface area contributed by atoms with Gasteiger partial charge in [0.25, 0.3) is 5.56 Å². The van der Waals surface area contributed by atoms with Crippen molar-refractivity contribution in [1.82, 2.24) is 14.9 Å². The van der Waals surface area contributed by atoms with Crippen LogP contribution in [0.15, 0.2) is 41.2 Å². The van der Waals surface area contributed by atoms with Crippen LogP contribution in [0.3, 0.4) is 0 Å². The number of nitrogen functional groups attached to an aromatic ring is 1.